The average Bonchev–Trinajstić information content (AvgIpc) is 2.73. The highest BCUT2D eigenvalue weighted by molar-refractivity contribution is 4.95. The van der Waals surface area contributed by atoms with Crippen molar-refractivity contribution in [2.24, 2.45) is 11.7 Å². The van der Waals surface area contributed by atoms with Crippen LogP contribution in [0.1, 0.15) is 20.3 Å². The molecule has 0 bridgehead atoms. The lowest BCUT2D eigenvalue weighted by molar-refractivity contribution is 0.0568. The van der Waals surface area contributed by atoms with Crippen LogP contribution in [-0.4, -0.2) is 68.8 Å². The Balaban J connectivity index is 2.65. The quantitative estimate of drug-likeness (QED) is 0.712. The van der Waals surface area contributed by atoms with Crippen molar-refractivity contribution in [3.05, 3.63) is 0 Å². The topological polar surface area (TPSA) is 41.7 Å². The van der Waals surface area contributed by atoms with E-state index in [-0.39, 0.29) is 5.54 Å². The second-order valence-electron chi connectivity index (χ2n) is 5.87. The standard InChI is InChI=1S/C13H29N3O/c1-12(2)9-16(7-6-15(3)4)13(10-14)5-8-17-11-13/h12H,5-11,14H2,1-4H3. The Morgan fingerprint density at radius 2 is 2.00 bits per heavy atom. The van der Waals surface area contributed by atoms with E-state index < -0.39 is 0 Å². The third kappa shape index (κ3) is 4.21. The molecule has 0 saturated carbocycles. The molecule has 4 nitrogen and oxygen atoms in total. The molecule has 1 aliphatic rings. The van der Waals surface area contributed by atoms with Crippen LogP contribution < -0.4 is 5.73 Å². The van der Waals surface area contributed by atoms with E-state index in [1.807, 2.05) is 0 Å². The minimum absolute atomic E-state index is 0.0836. The van der Waals surface area contributed by atoms with Crippen LogP contribution in [0.15, 0.2) is 0 Å². The van der Waals surface area contributed by atoms with E-state index in [4.69, 9.17) is 10.5 Å². The minimum Gasteiger partial charge on any atom is -0.379 e. The maximum Gasteiger partial charge on any atom is 0.0663 e. The number of ether oxygens (including phenoxy) is 1. The summed E-state index contributed by atoms with van der Waals surface area (Å²) >= 11 is 0. The Morgan fingerprint density at radius 1 is 1.29 bits per heavy atom. The maximum atomic E-state index is 6.02. The van der Waals surface area contributed by atoms with Gasteiger partial charge in [0.1, 0.15) is 0 Å². The zero-order valence-electron chi connectivity index (χ0n) is 11.9. The molecule has 1 saturated heterocycles. The summed E-state index contributed by atoms with van der Waals surface area (Å²) in [7, 11) is 4.24. The Bertz CT molecular complexity index is 213. The second kappa shape index (κ2) is 6.69. The lowest BCUT2D eigenvalue weighted by Crippen LogP contribution is -2.57. The zero-order valence-corrected chi connectivity index (χ0v) is 11.9. The molecule has 2 N–H and O–H groups in total. The summed E-state index contributed by atoms with van der Waals surface area (Å²) in [6.45, 7) is 10.1. The molecule has 1 rings (SSSR count). The lowest BCUT2D eigenvalue weighted by Gasteiger charge is -2.41. The van der Waals surface area contributed by atoms with Crippen molar-refractivity contribution in [1.29, 1.82) is 0 Å². The van der Waals surface area contributed by atoms with Crippen LogP contribution >= 0.6 is 0 Å². The molecule has 0 aliphatic carbocycles. The van der Waals surface area contributed by atoms with E-state index in [1.54, 1.807) is 0 Å². The smallest absolute Gasteiger partial charge is 0.0663 e. The Morgan fingerprint density at radius 3 is 2.41 bits per heavy atom. The average molecular weight is 243 g/mol. The van der Waals surface area contributed by atoms with Crippen LogP contribution in [0.3, 0.4) is 0 Å². The van der Waals surface area contributed by atoms with E-state index >= 15 is 0 Å². The van der Waals surface area contributed by atoms with Gasteiger partial charge in [0.05, 0.1) is 12.1 Å². The molecule has 0 amide bonds. The molecule has 0 radical (unpaired) electrons. The van der Waals surface area contributed by atoms with Gasteiger partial charge in [-0.3, -0.25) is 4.90 Å². The predicted molar refractivity (Wildman–Crippen MR) is 72.2 cm³/mol. The van der Waals surface area contributed by atoms with Crippen molar-refractivity contribution in [3.63, 3.8) is 0 Å². The summed E-state index contributed by atoms with van der Waals surface area (Å²) in [6.07, 6.45) is 1.07. The van der Waals surface area contributed by atoms with Crippen molar-refractivity contribution in [3.8, 4) is 0 Å². The summed E-state index contributed by atoms with van der Waals surface area (Å²) in [5.41, 5.74) is 6.10. The van der Waals surface area contributed by atoms with Crippen LogP contribution in [0.25, 0.3) is 0 Å². The van der Waals surface area contributed by atoms with E-state index in [9.17, 15) is 0 Å². The highest BCUT2D eigenvalue weighted by Crippen LogP contribution is 2.26. The van der Waals surface area contributed by atoms with Crippen molar-refractivity contribution in [2.45, 2.75) is 25.8 Å². The largest absolute Gasteiger partial charge is 0.379 e. The lowest BCUT2D eigenvalue weighted by atomic mass is 9.95. The first-order valence-electron chi connectivity index (χ1n) is 6.68. The molecule has 0 aromatic carbocycles. The van der Waals surface area contributed by atoms with Gasteiger partial charge in [-0.05, 0) is 26.4 Å². The Labute approximate surface area is 106 Å². The van der Waals surface area contributed by atoms with E-state index in [0.29, 0.717) is 12.5 Å². The number of nitrogens with two attached hydrogens (primary N) is 1. The molecule has 1 heterocycles. The summed E-state index contributed by atoms with van der Waals surface area (Å²) in [5, 5.41) is 0. The van der Waals surface area contributed by atoms with Gasteiger partial charge in [0.15, 0.2) is 0 Å². The van der Waals surface area contributed by atoms with E-state index in [0.717, 1.165) is 39.3 Å². The fraction of sp³-hybridized carbons (Fsp3) is 1.00. The molecule has 4 heteroatoms. The second-order valence-corrected chi connectivity index (χ2v) is 5.87. The fourth-order valence-electron chi connectivity index (χ4n) is 2.42. The monoisotopic (exact) mass is 243 g/mol. The molecule has 0 spiro atoms. The highest BCUT2D eigenvalue weighted by atomic mass is 16.5. The van der Waals surface area contributed by atoms with Gasteiger partial charge in [-0.2, -0.15) is 0 Å². The molecule has 0 aromatic rings. The minimum atomic E-state index is 0.0836. The molecule has 0 aromatic heterocycles. The van der Waals surface area contributed by atoms with Gasteiger partial charge in [0.25, 0.3) is 0 Å². The molecular weight excluding hydrogens is 214 g/mol. The summed E-state index contributed by atoms with van der Waals surface area (Å²) in [6, 6.07) is 0. The summed E-state index contributed by atoms with van der Waals surface area (Å²) in [4.78, 5) is 4.78. The van der Waals surface area contributed by atoms with E-state index in [1.165, 1.54) is 0 Å². The van der Waals surface area contributed by atoms with Crippen LogP contribution in [0, 0.1) is 5.92 Å². The maximum absolute atomic E-state index is 6.02. The summed E-state index contributed by atoms with van der Waals surface area (Å²) < 4.78 is 5.59. The van der Waals surface area contributed by atoms with Gasteiger partial charge in [-0.25, -0.2) is 0 Å². The number of rotatable bonds is 7. The zero-order chi connectivity index (χ0) is 12.9. The first-order valence-corrected chi connectivity index (χ1v) is 6.68. The SMILES string of the molecule is CC(C)CN(CCN(C)C)C1(CN)CCOC1. The Kier molecular flexibility index (Phi) is 5.86. The third-order valence-corrected chi connectivity index (χ3v) is 3.54. The third-order valence-electron chi connectivity index (χ3n) is 3.54. The number of nitrogens with zero attached hydrogens (tertiary/aromatic N) is 2. The van der Waals surface area contributed by atoms with E-state index in [2.05, 4.69) is 37.7 Å². The molecule has 1 fully saturated rings. The molecule has 1 atom stereocenters. The molecule has 102 valence electrons. The van der Waals surface area contributed by atoms with Gasteiger partial charge in [0.2, 0.25) is 0 Å². The molecule has 1 aliphatic heterocycles. The van der Waals surface area contributed by atoms with Gasteiger partial charge >= 0.3 is 0 Å². The van der Waals surface area contributed by atoms with Crippen LogP contribution in [-0.2, 0) is 4.74 Å². The molecular formula is C13H29N3O. The van der Waals surface area contributed by atoms with Gasteiger partial charge in [0, 0.05) is 32.8 Å². The fourth-order valence-corrected chi connectivity index (χ4v) is 2.42. The number of likely N-dealkylation sites (N-methyl/N-ethyl adjacent to an activating group) is 1. The predicted octanol–water partition coefficient (Wildman–Crippen LogP) is 0.624. The highest BCUT2D eigenvalue weighted by Gasteiger charge is 2.39. The van der Waals surface area contributed by atoms with Crippen molar-refractivity contribution in [1.82, 2.24) is 9.80 Å². The van der Waals surface area contributed by atoms with Crippen molar-refractivity contribution in [2.75, 3.05) is 53.5 Å². The first kappa shape index (κ1) is 14.9. The van der Waals surface area contributed by atoms with Gasteiger partial charge in [-0.1, -0.05) is 13.8 Å². The van der Waals surface area contributed by atoms with Crippen molar-refractivity contribution < 1.29 is 4.74 Å². The van der Waals surface area contributed by atoms with Crippen molar-refractivity contribution >= 4 is 0 Å². The Hall–Kier alpha value is -0.160. The van der Waals surface area contributed by atoms with Crippen LogP contribution in [0.2, 0.25) is 0 Å². The van der Waals surface area contributed by atoms with Crippen LogP contribution in [0.5, 0.6) is 0 Å². The van der Waals surface area contributed by atoms with Gasteiger partial charge < -0.3 is 15.4 Å². The normalized spacial score (nSPS) is 25.4. The number of hydrogen-bond acceptors (Lipinski definition) is 4. The number of hydrogen-bond donors (Lipinski definition) is 1. The molecule has 1 unspecified atom stereocenters. The van der Waals surface area contributed by atoms with Gasteiger partial charge in [-0.15, -0.1) is 0 Å². The summed E-state index contributed by atoms with van der Waals surface area (Å²) in [5.74, 6) is 0.668. The molecule has 17 heavy (non-hydrogen) atoms. The first-order chi connectivity index (χ1) is 8.00. The van der Waals surface area contributed by atoms with Crippen LogP contribution in [0.4, 0.5) is 0 Å².